The van der Waals surface area contributed by atoms with Crippen molar-refractivity contribution in [2.45, 2.75) is 76.9 Å². The maximum atomic E-state index is 11.9. The van der Waals surface area contributed by atoms with Gasteiger partial charge in [0.2, 0.25) is 5.89 Å². The lowest BCUT2D eigenvalue weighted by molar-refractivity contribution is 0.0348. The average molecular weight is 324 g/mol. The fraction of sp³-hybridized carbons (Fsp3) is 0.812. The number of carbonyl (C=O) groups is 1. The van der Waals surface area contributed by atoms with Crippen molar-refractivity contribution in [3.63, 3.8) is 0 Å². The van der Waals surface area contributed by atoms with E-state index in [0.29, 0.717) is 24.7 Å². The quantitative estimate of drug-likeness (QED) is 0.716. The van der Waals surface area contributed by atoms with E-state index in [2.05, 4.69) is 20.8 Å². The molecule has 130 valence electrons. The van der Waals surface area contributed by atoms with Gasteiger partial charge in [0, 0.05) is 12.5 Å². The van der Waals surface area contributed by atoms with Gasteiger partial charge in [-0.1, -0.05) is 31.8 Å². The van der Waals surface area contributed by atoms with Gasteiger partial charge in [0.15, 0.2) is 5.82 Å². The number of hydrogen-bond acceptors (Lipinski definition) is 5. The molecule has 1 aliphatic carbocycles. The Bertz CT molecular complexity index is 507. The zero-order chi connectivity index (χ0) is 16.9. The Morgan fingerprint density at radius 2 is 2.04 bits per heavy atom. The molecule has 1 aromatic rings. The fourth-order valence-corrected chi connectivity index (χ4v) is 2.83. The third-order valence-corrected chi connectivity index (χ3v) is 4.79. The van der Waals surface area contributed by atoms with Crippen molar-refractivity contribution in [1.29, 1.82) is 0 Å². The van der Waals surface area contributed by atoms with Gasteiger partial charge in [-0.2, -0.15) is 4.98 Å². The Labute approximate surface area is 137 Å². The topological polar surface area (TPSA) is 100 Å². The van der Waals surface area contributed by atoms with Crippen molar-refractivity contribution in [2.75, 3.05) is 6.54 Å². The lowest BCUT2D eigenvalue weighted by Gasteiger charge is -2.25. The van der Waals surface area contributed by atoms with Gasteiger partial charge in [0.25, 0.3) is 0 Å². The highest BCUT2D eigenvalue weighted by atomic mass is 16.5. The van der Waals surface area contributed by atoms with E-state index < -0.39 is 5.60 Å². The number of amides is 2. The zero-order valence-electron chi connectivity index (χ0n) is 14.3. The molecule has 0 aromatic carbocycles. The SMILES string of the molecule is CCC(O)(CC)CNC(=O)NC(C)c1nc(C2CCCC2)no1. The number of aliphatic hydroxyl groups is 1. The molecular weight excluding hydrogens is 296 g/mol. The van der Waals surface area contributed by atoms with E-state index >= 15 is 0 Å². The van der Waals surface area contributed by atoms with E-state index in [-0.39, 0.29) is 18.6 Å². The standard InChI is InChI=1S/C16H28N4O3/c1-4-16(22,5-2)10-17-15(21)18-11(3)14-19-13(20-23-14)12-8-6-7-9-12/h11-12,22H,4-10H2,1-3H3,(H2,17,18,21). The van der Waals surface area contributed by atoms with Gasteiger partial charge in [-0.25, -0.2) is 4.79 Å². The third kappa shape index (κ3) is 4.67. The van der Waals surface area contributed by atoms with Crippen molar-refractivity contribution in [1.82, 2.24) is 20.8 Å². The summed E-state index contributed by atoms with van der Waals surface area (Å²) in [5.74, 6) is 1.55. The number of carbonyl (C=O) groups excluding carboxylic acids is 1. The van der Waals surface area contributed by atoms with Gasteiger partial charge >= 0.3 is 6.03 Å². The van der Waals surface area contributed by atoms with Gasteiger partial charge in [-0.15, -0.1) is 0 Å². The molecule has 0 radical (unpaired) electrons. The monoisotopic (exact) mass is 324 g/mol. The predicted molar refractivity (Wildman–Crippen MR) is 86.0 cm³/mol. The Morgan fingerprint density at radius 1 is 1.39 bits per heavy atom. The molecule has 0 bridgehead atoms. The summed E-state index contributed by atoms with van der Waals surface area (Å²) >= 11 is 0. The largest absolute Gasteiger partial charge is 0.388 e. The first-order valence-corrected chi connectivity index (χ1v) is 8.57. The van der Waals surface area contributed by atoms with E-state index in [1.165, 1.54) is 12.8 Å². The van der Waals surface area contributed by atoms with E-state index in [1.807, 2.05) is 13.8 Å². The van der Waals surface area contributed by atoms with Gasteiger partial charge in [0.1, 0.15) is 6.04 Å². The lowest BCUT2D eigenvalue weighted by atomic mass is 9.98. The molecule has 7 nitrogen and oxygen atoms in total. The van der Waals surface area contributed by atoms with Gasteiger partial charge in [0.05, 0.1) is 5.60 Å². The molecule has 2 rings (SSSR count). The van der Waals surface area contributed by atoms with Crippen molar-refractivity contribution >= 4 is 6.03 Å². The molecule has 3 N–H and O–H groups in total. The molecule has 1 aliphatic rings. The first-order valence-electron chi connectivity index (χ1n) is 8.57. The van der Waals surface area contributed by atoms with Crippen LogP contribution in [0, 0.1) is 0 Å². The molecule has 1 saturated carbocycles. The van der Waals surface area contributed by atoms with Crippen molar-refractivity contribution < 1.29 is 14.4 Å². The number of nitrogens with zero attached hydrogens (tertiary/aromatic N) is 2. The molecule has 7 heteroatoms. The highest BCUT2D eigenvalue weighted by Gasteiger charge is 2.26. The highest BCUT2D eigenvalue weighted by Crippen LogP contribution is 2.32. The summed E-state index contributed by atoms with van der Waals surface area (Å²) in [5.41, 5.74) is -0.860. The van der Waals surface area contributed by atoms with Crippen LogP contribution in [0.15, 0.2) is 4.52 Å². The number of hydrogen-bond donors (Lipinski definition) is 3. The molecular formula is C16H28N4O3. The zero-order valence-corrected chi connectivity index (χ0v) is 14.3. The summed E-state index contributed by atoms with van der Waals surface area (Å²) < 4.78 is 5.27. The molecule has 0 spiro atoms. The van der Waals surface area contributed by atoms with Crippen LogP contribution >= 0.6 is 0 Å². The molecule has 0 saturated heterocycles. The van der Waals surface area contributed by atoms with Gasteiger partial charge < -0.3 is 20.3 Å². The van der Waals surface area contributed by atoms with Crippen molar-refractivity contribution in [3.05, 3.63) is 11.7 Å². The third-order valence-electron chi connectivity index (χ3n) is 4.79. The number of nitrogens with one attached hydrogen (secondary N) is 2. The van der Waals surface area contributed by atoms with Crippen LogP contribution in [0.25, 0.3) is 0 Å². The first kappa shape index (κ1) is 17.7. The summed E-state index contributed by atoms with van der Waals surface area (Å²) in [6, 6.07) is -0.715. The van der Waals surface area contributed by atoms with Crippen LogP contribution in [-0.2, 0) is 0 Å². The Hall–Kier alpha value is -1.63. The average Bonchev–Trinajstić information content (AvgIpc) is 3.23. The first-order chi connectivity index (χ1) is 11.0. The Balaban J connectivity index is 1.83. The molecule has 2 amide bonds. The second kappa shape index (κ2) is 7.77. The summed E-state index contributed by atoms with van der Waals surface area (Å²) in [5, 5.41) is 19.7. The lowest BCUT2D eigenvalue weighted by Crippen LogP contribution is -2.46. The van der Waals surface area contributed by atoms with Crippen LogP contribution in [0.4, 0.5) is 4.79 Å². The Morgan fingerprint density at radius 3 is 2.65 bits per heavy atom. The predicted octanol–water partition coefficient (Wildman–Crippen LogP) is 2.64. The maximum Gasteiger partial charge on any atom is 0.315 e. The molecule has 1 aromatic heterocycles. The van der Waals surface area contributed by atoms with E-state index in [0.717, 1.165) is 18.7 Å². The normalized spacial score (nSPS) is 17.2. The molecule has 1 heterocycles. The molecule has 1 atom stereocenters. The molecule has 1 unspecified atom stereocenters. The van der Waals surface area contributed by atoms with E-state index in [1.54, 1.807) is 6.92 Å². The number of urea groups is 1. The highest BCUT2D eigenvalue weighted by molar-refractivity contribution is 5.74. The summed E-state index contributed by atoms with van der Waals surface area (Å²) in [6.45, 7) is 5.82. The number of aromatic nitrogens is 2. The summed E-state index contributed by atoms with van der Waals surface area (Å²) in [4.78, 5) is 16.4. The fourth-order valence-electron chi connectivity index (χ4n) is 2.83. The van der Waals surface area contributed by atoms with E-state index in [9.17, 15) is 9.90 Å². The van der Waals surface area contributed by atoms with Crippen LogP contribution in [-0.4, -0.2) is 33.4 Å². The number of rotatable bonds is 7. The molecule has 23 heavy (non-hydrogen) atoms. The van der Waals surface area contributed by atoms with Crippen molar-refractivity contribution in [2.24, 2.45) is 0 Å². The minimum Gasteiger partial charge on any atom is -0.388 e. The van der Waals surface area contributed by atoms with Crippen LogP contribution in [0.1, 0.15) is 83.0 Å². The van der Waals surface area contributed by atoms with Crippen molar-refractivity contribution in [3.8, 4) is 0 Å². The Kier molecular flexibility index (Phi) is 5.98. The second-order valence-corrected chi connectivity index (χ2v) is 6.45. The molecule has 1 fully saturated rings. The van der Waals surface area contributed by atoms with Gasteiger partial charge in [-0.05, 0) is 32.6 Å². The van der Waals surface area contributed by atoms with Crippen LogP contribution in [0.5, 0.6) is 0 Å². The second-order valence-electron chi connectivity index (χ2n) is 6.45. The smallest absolute Gasteiger partial charge is 0.315 e. The maximum absolute atomic E-state index is 11.9. The van der Waals surface area contributed by atoms with Crippen LogP contribution in [0.2, 0.25) is 0 Å². The summed E-state index contributed by atoms with van der Waals surface area (Å²) in [6.07, 6.45) is 5.81. The summed E-state index contributed by atoms with van der Waals surface area (Å²) in [7, 11) is 0. The molecule has 0 aliphatic heterocycles. The van der Waals surface area contributed by atoms with Crippen LogP contribution < -0.4 is 10.6 Å². The minimum atomic E-state index is -0.860. The van der Waals surface area contributed by atoms with Gasteiger partial charge in [-0.3, -0.25) is 0 Å². The minimum absolute atomic E-state index is 0.218. The van der Waals surface area contributed by atoms with Crippen LogP contribution in [0.3, 0.4) is 0 Å². The van der Waals surface area contributed by atoms with E-state index in [4.69, 9.17) is 4.52 Å².